The van der Waals surface area contributed by atoms with Crippen molar-refractivity contribution in [2.45, 2.75) is 59.8 Å². The maximum Gasteiger partial charge on any atom is 0.254 e. The third-order valence-electron chi connectivity index (χ3n) is 7.08. The molecule has 6 nitrogen and oxygen atoms in total. The number of nitrogens with zero attached hydrogens (tertiary/aromatic N) is 3. The van der Waals surface area contributed by atoms with Crippen molar-refractivity contribution in [3.63, 3.8) is 0 Å². The molecule has 0 spiro atoms. The molecule has 0 fully saturated rings. The van der Waals surface area contributed by atoms with Crippen molar-refractivity contribution in [1.29, 1.82) is 0 Å². The van der Waals surface area contributed by atoms with E-state index in [-0.39, 0.29) is 18.4 Å². The van der Waals surface area contributed by atoms with Gasteiger partial charge in [0.1, 0.15) is 12.4 Å². The molecule has 3 aromatic carbocycles. The number of amides is 2. The Morgan fingerprint density at radius 3 is 2.17 bits per heavy atom. The Bertz CT molecular complexity index is 1410. The number of unbranched alkanes of at least 4 members (excludes halogenated alkanes) is 2. The molecule has 1 N–H and O–H groups in total. The Morgan fingerprint density at radius 2 is 1.52 bits per heavy atom. The van der Waals surface area contributed by atoms with E-state index in [1.807, 2.05) is 92.7 Å². The van der Waals surface area contributed by atoms with Crippen molar-refractivity contribution >= 4 is 17.6 Å². The topological polar surface area (TPSA) is 67.2 Å². The van der Waals surface area contributed by atoms with Crippen molar-refractivity contribution in [3.05, 3.63) is 101 Å². The van der Waals surface area contributed by atoms with Gasteiger partial charge in [-0.05, 0) is 68.5 Å². The molecule has 0 unspecified atom stereocenters. The molecule has 0 saturated carbocycles. The molecule has 0 aliphatic heterocycles. The van der Waals surface area contributed by atoms with Crippen molar-refractivity contribution in [2.24, 2.45) is 0 Å². The van der Waals surface area contributed by atoms with Crippen molar-refractivity contribution in [1.82, 2.24) is 14.7 Å². The first-order valence-corrected chi connectivity index (χ1v) is 14.3. The van der Waals surface area contributed by atoms with Gasteiger partial charge in [0.05, 0.1) is 11.4 Å². The van der Waals surface area contributed by atoms with E-state index in [9.17, 15) is 9.59 Å². The second-order valence-corrected chi connectivity index (χ2v) is 10.4. The zero-order chi connectivity index (χ0) is 28.5. The Hall–Kier alpha value is -4.19. The van der Waals surface area contributed by atoms with E-state index in [0.29, 0.717) is 17.9 Å². The Labute approximate surface area is 238 Å². The van der Waals surface area contributed by atoms with Gasteiger partial charge in [0.2, 0.25) is 5.91 Å². The van der Waals surface area contributed by atoms with Crippen molar-refractivity contribution < 1.29 is 9.59 Å². The predicted octanol–water partition coefficient (Wildman–Crippen LogP) is 7.38. The van der Waals surface area contributed by atoms with Crippen molar-refractivity contribution in [2.75, 3.05) is 18.4 Å². The largest absolute Gasteiger partial charge is 0.329 e. The molecule has 40 heavy (non-hydrogen) atoms. The van der Waals surface area contributed by atoms with Gasteiger partial charge in [-0.1, -0.05) is 86.8 Å². The van der Waals surface area contributed by atoms with Crippen LogP contribution < -0.4 is 5.32 Å². The van der Waals surface area contributed by atoms with Gasteiger partial charge in [-0.3, -0.25) is 9.59 Å². The molecule has 4 rings (SSSR count). The fourth-order valence-electron chi connectivity index (χ4n) is 4.79. The summed E-state index contributed by atoms with van der Waals surface area (Å²) < 4.78 is 1.78. The molecule has 1 heterocycles. The first-order valence-electron chi connectivity index (χ1n) is 14.3. The lowest BCUT2D eigenvalue weighted by molar-refractivity contribution is -0.116. The number of hydrogen-bond acceptors (Lipinski definition) is 3. The number of carbonyl (C=O) groups is 2. The van der Waals surface area contributed by atoms with Gasteiger partial charge < -0.3 is 10.2 Å². The average Bonchev–Trinajstić information content (AvgIpc) is 3.29. The van der Waals surface area contributed by atoms with Crippen LogP contribution >= 0.6 is 0 Å². The van der Waals surface area contributed by atoms with Crippen LogP contribution in [0.5, 0.6) is 0 Å². The average molecular weight is 537 g/mol. The molecule has 6 heteroatoms. The molecule has 0 saturated heterocycles. The minimum atomic E-state index is -0.255. The van der Waals surface area contributed by atoms with Gasteiger partial charge in [0.25, 0.3) is 5.91 Å². The van der Waals surface area contributed by atoms with E-state index in [0.717, 1.165) is 60.2 Å². The fraction of sp³-hybridized carbons (Fsp3) is 0.324. The molecule has 0 aliphatic rings. The van der Waals surface area contributed by atoms with Crippen LogP contribution in [0.15, 0.2) is 78.9 Å². The molecule has 0 aliphatic carbocycles. The number of rotatable bonds is 12. The zero-order valence-electron chi connectivity index (χ0n) is 24.1. The lowest BCUT2D eigenvalue weighted by Gasteiger charge is -2.23. The summed E-state index contributed by atoms with van der Waals surface area (Å²) in [5, 5.41) is 7.93. The highest BCUT2D eigenvalue weighted by atomic mass is 16.2. The molecule has 0 radical (unpaired) electrons. The summed E-state index contributed by atoms with van der Waals surface area (Å²) in [4.78, 5) is 28.7. The van der Waals surface area contributed by atoms with Crippen LogP contribution in [0.4, 0.5) is 5.82 Å². The van der Waals surface area contributed by atoms with Crippen LogP contribution in [0.1, 0.15) is 66.7 Å². The Morgan fingerprint density at radius 1 is 0.850 bits per heavy atom. The molecule has 4 aromatic rings. The Balaban J connectivity index is 1.61. The normalized spacial score (nSPS) is 10.9. The van der Waals surface area contributed by atoms with Crippen LogP contribution in [0, 0.1) is 13.8 Å². The summed E-state index contributed by atoms with van der Waals surface area (Å²) in [5.74, 6) is 0.215. The van der Waals surface area contributed by atoms with Gasteiger partial charge in [0.15, 0.2) is 0 Å². The smallest absolute Gasteiger partial charge is 0.254 e. The number of benzene rings is 3. The molecule has 1 aromatic heterocycles. The summed E-state index contributed by atoms with van der Waals surface area (Å²) in [6.45, 7) is 8.72. The minimum Gasteiger partial charge on any atom is -0.329 e. The quantitative estimate of drug-likeness (QED) is 0.205. The lowest BCUT2D eigenvalue weighted by Crippen LogP contribution is -2.39. The minimum absolute atomic E-state index is 0.0389. The van der Waals surface area contributed by atoms with Gasteiger partial charge in [0, 0.05) is 17.7 Å². The SMILES string of the molecule is CCCCc1ccc(C(=O)N(CCCC)CC(=O)Nc2c(-c3ccccc3)c(C)nn2-c2ccc(C)cc2)cc1. The number of nitrogens with one attached hydrogen (secondary N) is 1. The number of carbonyl (C=O) groups excluding carboxylic acids is 2. The van der Waals surface area contributed by atoms with Crippen LogP contribution in [0.25, 0.3) is 16.8 Å². The molecule has 0 bridgehead atoms. The standard InChI is InChI=1S/C34H40N4O2/c1-5-7-12-27-17-19-29(20-18-27)34(40)37(23-8-6-2)24-31(39)35-33-32(28-13-10-9-11-14-28)26(4)36-38(33)30-21-15-25(3)16-22-30/h9-11,13-22H,5-8,12,23-24H2,1-4H3,(H,35,39). The molecule has 0 atom stereocenters. The third kappa shape index (κ3) is 7.06. The number of aromatic nitrogens is 2. The predicted molar refractivity (Wildman–Crippen MR) is 163 cm³/mol. The van der Waals surface area contributed by atoms with E-state index < -0.39 is 0 Å². The van der Waals surface area contributed by atoms with Gasteiger partial charge in [-0.25, -0.2) is 4.68 Å². The van der Waals surface area contributed by atoms with Crippen molar-refractivity contribution in [3.8, 4) is 16.8 Å². The third-order valence-corrected chi connectivity index (χ3v) is 7.08. The summed E-state index contributed by atoms with van der Waals surface area (Å²) in [7, 11) is 0. The molecule has 2 amide bonds. The first kappa shape index (κ1) is 28.8. The van der Waals surface area contributed by atoms with Gasteiger partial charge in [-0.2, -0.15) is 5.10 Å². The highest BCUT2D eigenvalue weighted by Crippen LogP contribution is 2.33. The molecular formula is C34H40N4O2. The van der Waals surface area contributed by atoms with Crippen LogP contribution in [-0.4, -0.2) is 39.6 Å². The second-order valence-electron chi connectivity index (χ2n) is 10.4. The molecule has 208 valence electrons. The van der Waals surface area contributed by atoms with Gasteiger partial charge >= 0.3 is 0 Å². The van der Waals surface area contributed by atoms with E-state index in [1.165, 1.54) is 5.56 Å². The zero-order valence-corrected chi connectivity index (χ0v) is 24.1. The lowest BCUT2D eigenvalue weighted by atomic mass is 10.1. The first-order chi connectivity index (χ1) is 19.4. The summed E-state index contributed by atoms with van der Waals surface area (Å²) >= 11 is 0. The Kier molecular flexibility index (Phi) is 9.90. The van der Waals surface area contributed by atoms with Crippen LogP contribution in [0.3, 0.4) is 0 Å². The van der Waals surface area contributed by atoms with E-state index in [4.69, 9.17) is 5.10 Å². The summed E-state index contributed by atoms with van der Waals surface area (Å²) in [5.41, 5.74) is 6.47. The van der Waals surface area contributed by atoms with E-state index in [2.05, 4.69) is 19.2 Å². The monoisotopic (exact) mass is 536 g/mol. The fourth-order valence-corrected chi connectivity index (χ4v) is 4.79. The van der Waals surface area contributed by atoms with E-state index >= 15 is 0 Å². The summed E-state index contributed by atoms with van der Waals surface area (Å²) in [6, 6.07) is 25.8. The summed E-state index contributed by atoms with van der Waals surface area (Å²) in [6.07, 6.45) is 5.02. The number of aryl methyl sites for hydroxylation is 3. The highest BCUT2D eigenvalue weighted by molar-refractivity contribution is 6.01. The maximum absolute atomic E-state index is 13.6. The van der Waals surface area contributed by atoms with Crippen LogP contribution in [0.2, 0.25) is 0 Å². The van der Waals surface area contributed by atoms with Crippen LogP contribution in [-0.2, 0) is 11.2 Å². The number of hydrogen-bond donors (Lipinski definition) is 1. The second kappa shape index (κ2) is 13.7. The van der Waals surface area contributed by atoms with E-state index in [1.54, 1.807) is 9.58 Å². The maximum atomic E-state index is 13.6. The highest BCUT2D eigenvalue weighted by Gasteiger charge is 2.23. The molecular weight excluding hydrogens is 496 g/mol. The number of anilines is 1. The van der Waals surface area contributed by atoms with Gasteiger partial charge in [-0.15, -0.1) is 0 Å².